The van der Waals surface area contributed by atoms with Gasteiger partial charge in [0.2, 0.25) is 0 Å². The summed E-state index contributed by atoms with van der Waals surface area (Å²) >= 11 is 0. The number of hydrogen-bond donors (Lipinski definition) is 0. The van der Waals surface area contributed by atoms with Gasteiger partial charge in [-0.05, 0) is 33.2 Å². The van der Waals surface area contributed by atoms with Crippen molar-refractivity contribution >= 4 is 0 Å². The Morgan fingerprint density at radius 1 is 0.905 bits per heavy atom. The Hall–Kier alpha value is -0.160. The maximum Gasteiger partial charge on any atom is 0.0622 e. The van der Waals surface area contributed by atoms with Gasteiger partial charge in [0.1, 0.15) is 0 Å². The molecule has 0 bridgehead atoms. The minimum absolute atomic E-state index is 0.656. The number of morpholine rings is 2. The van der Waals surface area contributed by atoms with E-state index in [1.807, 2.05) is 0 Å². The molecule has 2 heterocycles. The van der Waals surface area contributed by atoms with Gasteiger partial charge in [-0.1, -0.05) is 20.8 Å². The summed E-state index contributed by atoms with van der Waals surface area (Å²) in [6.07, 6.45) is 2.42. The normalized spacial score (nSPS) is 28.3. The zero-order valence-electron chi connectivity index (χ0n) is 14.8. The third-order valence-corrected chi connectivity index (χ3v) is 4.63. The fourth-order valence-electron chi connectivity index (χ4n) is 3.18. The van der Waals surface area contributed by atoms with Crippen molar-refractivity contribution < 1.29 is 9.47 Å². The summed E-state index contributed by atoms with van der Waals surface area (Å²) in [4.78, 5) is 5.02. The van der Waals surface area contributed by atoms with Crippen molar-refractivity contribution in [2.75, 3.05) is 46.1 Å². The Bertz CT molecular complexity index is 249. The van der Waals surface area contributed by atoms with Gasteiger partial charge in [-0.25, -0.2) is 0 Å². The number of likely N-dealkylation sites (N-methyl/N-ethyl adjacent to an activating group) is 1. The third-order valence-electron chi connectivity index (χ3n) is 4.63. The van der Waals surface area contributed by atoms with Crippen molar-refractivity contribution in [2.45, 2.75) is 65.6 Å². The van der Waals surface area contributed by atoms with E-state index < -0.39 is 0 Å². The van der Waals surface area contributed by atoms with E-state index in [1.54, 1.807) is 0 Å². The molecule has 0 spiro atoms. The molecule has 0 aliphatic carbocycles. The summed E-state index contributed by atoms with van der Waals surface area (Å²) in [6.45, 7) is 18.3. The summed E-state index contributed by atoms with van der Waals surface area (Å²) in [5, 5.41) is 0. The highest BCUT2D eigenvalue weighted by atomic mass is 16.5. The van der Waals surface area contributed by atoms with Gasteiger partial charge in [-0.3, -0.25) is 9.80 Å². The van der Waals surface area contributed by atoms with E-state index >= 15 is 0 Å². The van der Waals surface area contributed by atoms with Crippen molar-refractivity contribution in [1.82, 2.24) is 9.80 Å². The number of nitrogens with zero attached hydrogens (tertiary/aromatic N) is 2. The van der Waals surface area contributed by atoms with E-state index in [0.29, 0.717) is 18.1 Å². The quantitative estimate of drug-likeness (QED) is 0.797. The number of hydrogen-bond acceptors (Lipinski definition) is 4. The van der Waals surface area contributed by atoms with Crippen molar-refractivity contribution in [3.63, 3.8) is 0 Å². The second kappa shape index (κ2) is 10.5. The van der Waals surface area contributed by atoms with Crippen LogP contribution in [-0.4, -0.2) is 74.0 Å². The predicted octanol–water partition coefficient (Wildman–Crippen LogP) is 2.62. The van der Waals surface area contributed by atoms with Crippen LogP contribution < -0.4 is 0 Å². The second-order valence-electron chi connectivity index (χ2n) is 6.23. The summed E-state index contributed by atoms with van der Waals surface area (Å²) in [6, 6.07) is 2.01. The smallest absolute Gasteiger partial charge is 0.0622 e. The molecule has 2 rings (SSSR count). The molecule has 4 nitrogen and oxygen atoms in total. The molecule has 1 unspecified atom stereocenters. The Kier molecular flexibility index (Phi) is 9.49. The molecule has 0 N–H and O–H groups in total. The molecule has 4 heteroatoms. The van der Waals surface area contributed by atoms with Crippen LogP contribution in [0, 0.1) is 0 Å². The van der Waals surface area contributed by atoms with Gasteiger partial charge in [0.15, 0.2) is 0 Å². The van der Waals surface area contributed by atoms with Gasteiger partial charge >= 0.3 is 0 Å². The first kappa shape index (κ1) is 18.9. The number of ether oxygens (including phenoxy) is 2. The SMILES string of the molecule is CCC1COCCN1C(C)C.CC[C@H]1COCCN1CC. The van der Waals surface area contributed by atoms with Gasteiger partial charge in [-0.2, -0.15) is 0 Å². The zero-order chi connectivity index (χ0) is 15.7. The average molecular weight is 300 g/mol. The molecule has 0 saturated carbocycles. The molecule has 2 aliphatic rings. The Labute approximate surface area is 131 Å². The van der Waals surface area contributed by atoms with Crippen molar-refractivity contribution in [2.24, 2.45) is 0 Å². The van der Waals surface area contributed by atoms with Gasteiger partial charge in [0, 0.05) is 31.2 Å². The third kappa shape index (κ3) is 6.23. The first-order chi connectivity index (χ1) is 10.1. The maximum absolute atomic E-state index is 5.41. The second-order valence-corrected chi connectivity index (χ2v) is 6.23. The Morgan fingerprint density at radius 2 is 1.48 bits per heavy atom. The molecule has 2 fully saturated rings. The molecule has 2 saturated heterocycles. The van der Waals surface area contributed by atoms with Gasteiger partial charge < -0.3 is 9.47 Å². The van der Waals surface area contributed by atoms with Crippen LogP contribution in [0.1, 0.15) is 47.5 Å². The van der Waals surface area contributed by atoms with Crippen molar-refractivity contribution in [3.05, 3.63) is 0 Å². The first-order valence-corrected chi connectivity index (χ1v) is 8.79. The van der Waals surface area contributed by atoms with Crippen LogP contribution >= 0.6 is 0 Å². The molecule has 0 aromatic carbocycles. The molecule has 2 aliphatic heterocycles. The summed E-state index contributed by atoms with van der Waals surface area (Å²) in [7, 11) is 0. The largest absolute Gasteiger partial charge is 0.378 e. The van der Waals surface area contributed by atoms with Crippen LogP contribution in [0.4, 0.5) is 0 Å². The number of rotatable bonds is 4. The topological polar surface area (TPSA) is 24.9 Å². The highest BCUT2D eigenvalue weighted by Crippen LogP contribution is 2.13. The van der Waals surface area contributed by atoms with Gasteiger partial charge in [0.05, 0.1) is 26.4 Å². The predicted molar refractivity (Wildman–Crippen MR) is 88.9 cm³/mol. The highest BCUT2D eigenvalue weighted by molar-refractivity contribution is 4.76. The van der Waals surface area contributed by atoms with Crippen LogP contribution in [0.5, 0.6) is 0 Å². The van der Waals surface area contributed by atoms with Crippen LogP contribution in [0.25, 0.3) is 0 Å². The molecule has 0 aromatic rings. The molecular weight excluding hydrogens is 264 g/mol. The molecular formula is C17H36N2O2. The van der Waals surface area contributed by atoms with Crippen molar-refractivity contribution in [1.29, 1.82) is 0 Å². The van der Waals surface area contributed by atoms with Gasteiger partial charge in [0.25, 0.3) is 0 Å². The van der Waals surface area contributed by atoms with Crippen LogP contribution in [-0.2, 0) is 9.47 Å². The van der Waals surface area contributed by atoms with E-state index in [0.717, 1.165) is 39.5 Å². The van der Waals surface area contributed by atoms with Crippen LogP contribution in [0.3, 0.4) is 0 Å². The minimum atomic E-state index is 0.656. The fraction of sp³-hybridized carbons (Fsp3) is 1.00. The van der Waals surface area contributed by atoms with Crippen molar-refractivity contribution in [3.8, 4) is 0 Å². The lowest BCUT2D eigenvalue weighted by molar-refractivity contribution is -0.0231. The van der Waals surface area contributed by atoms with E-state index in [1.165, 1.54) is 19.4 Å². The molecule has 21 heavy (non-hydrogen) atoms. The summed E-state index contributed by atoms with van der Waals surface area (Å²) in [5.74, 6) is 0. The lowest BCUT2D eigenvalue weighted by Crippen LogP contribution is -2.48. The standard InChI is InChI=1S/C9H19NO.C8H17NO/c1-4-9-7-11-6-5-10(9)8(2)3;1-3-8-7-10-6-5-9(8)4-2/h8-9H,4-7H2,1-3H3;8H,3-7H2,1-2H3/t;8-/m.0/s1. The lowest BCUT2D eigenvalue weighted by Gasteiger charge is -2.37. The lowest BCUT2D eigenvalue weighted by atomic mass is 10.1. The summed E-state index contributed by atoms with van der Waals surface area (Å²) in [5.41, 5.74) is 0. The van der Waals surface area contributed by atoms with E-state index in [4.69, 9.17) is 9.47 Å². The Morgan fingerprint density at radius 3 is 1.90 bits per heavy atom. The molecule has 0 aromatic heterocycles. The Balaban J connectivity index is 0.000000211. The maximum atomic E-state index is 5.41. The van der Waals surface area contributed by atoms with Crippen LogP contribution in [0.2, 0.25) is 0 Å². The van der Waals surface area contributed by atoms with Gasteiger partial charge in [-0.15, -0.1) is 0 Å². The van der Waals surface area contributed by atoms with E-state index in [-0.39, 0.29) is 0 Å². The highest BCUT2D eigenvalue weighted by Gasteiger charge is 2.22. The molecule has 0 radical (unpaired) electrons. The minimum Gasteiger partial charge on any atom is -0.378 e. The monoisotopic (exact) mass is 300 g/mol. The van der Waals surface area contributed by atoms with E-state index in [9.17, 15) is 0 Å². The fourth-order valence-corrected chi connectivity index (χ4v) is 3.18. The molecule has 126 valence electrons. The first-order valence-electron chi connectivity index (χ1n) is 8.79. The van der Waals surface area contributed by atoms with E-state index in [2.05, 4.69) is 44.4 Å². The molecule has 2 atom stereocenters. The summed E-state index contributed by atoms with van der Waals surface area (Å²) < 4.78 is 10.8. The average Bonchev–Trinajstić information content (AvgIpc) is 2.55. The zero-order valence-corrected chi connectivity index (χ0v) is 14.8. The van der Waals surface area contributed by atoms with Crippen LogP contribution in [0.15, 0.2) is 0 Å². The molecule has 0 amide bonds.